The van der Waals surface area contributed by atoms with Gasteiger partial charge in [-0.25, -0.2) is 4.39 Å². The van der Waals surface area contributed by atoms with Gasteiger partial charge in [-0.1, -0.05) is 0 Å². The summed E-state index contributed by atoms with van der Waals surface area (Å²) < 4.78 is 18.0. The van der Waals surface area contributed by atoms with Crippen molar-refractivity contribution in [3.63, 3.8) is 0 Å². The maximum Gasteiger partial charge on any atom is 0.153 e. The minimum Gasteiger partial charge on any atom is -0.494 e. The van der Waals surface area contributed by atoms with Crippen LogP contribution in [-0.2, 0) is 0 Å². The van der Waals surface area contributed by atoms with Gasteiger partial charge in [0.15, 0.2) is 5.82 Å². The zero-order valence-corrected chi connectivity index (χ0v) is 9.14. The van der Waals surface area contributed by atoms with E-state index >= 15 is 0 Å². The van der Waals surface area contributed by atoms with E-state index in [1.54, 1.807) is 18.2 Å². The second-order valence-corrected chi connectivity index (χ2v) is 3.31. The minimum atomic E-state index is -0.365. The molecule has 0 saturated heterocycles. The molecule has 3 N–H and O–H groups in total. The number of ether oxygens (including phenoxy) is 1. The number of nitrogens with two attached hydrogens (primary N) is 1. The van der Waals surface area contributed by atoms with E-state index in [0.29, 0.717) is 23.1 Å². The number of aromatic nitrogens is 2. The number of nitrogens with zero attached hydrogens (tertiary/aromatic N) is 2. The lowest BCUT2D eigenvalue weighted by molar-refractivity contribution is 0.413. The van der Waals surface area contributed by atoms with Crippen LogP contribution >= 0.6 is 0 Å². The molecule has 1 heterocycles. The Kier molecular flexibility index (Phi) is 3.04. The number of rotatable bonds is 3. The molecule has 2 rings (SSSR count). The minimum absolute atomic E-state index is 0.335. The Hall–Kier alpha value is -2.37. The lowest BCUT2D eigenvalue weighted by Crippen LogP contribution is -2.00. The second kappa shape index (κ2) is 4.65. The topological polar surface area (TPSA) is 73.1 Å². The predicted octanol–water partition coefficient (Wildman–Crippen LogP) is 1.95. The summed E-state index contributed by atoms with van der Waals surface area (Å²) in [7, 11) is 1.47. The lowest BCUT2D eigenvalue weighted by atomic mass is 10.3. The van der Waals surface area contributed by atoms with Gasteiger partial charge in [-0.3, -0.25) is 0 Å². The number of hydrogen-bond acceptors (Lipinski definition) is 5. The average molecular weight is 234 g/mol. The van der Waals surface area contributed by atoms with Crippen molar-refractivity contribution in [1.82, 2.24) is 10.2 Å². The Morgan fingerprint density at radius 3 is 2.71 bits per heavy atom. The van der Waals surface area contributed by atoms with Crippen molar-refractivity contribution in [3.05, 3.63) is 36.1 Å². The van der Waals surface area contributed by atoms with Crippen LogP contribution in [0.15, 0.2) is 30.3 Å². The van der Waals surface area contributed by atoms with Gasteiger partial charge >= 0.3 is 0 Å². The summed E-state index contributed by atoms with van der Waals surface area (Å²) >= 11 is 0. The highest BCUT2D eigenvalue weighted by atomic mass is 19.1. The van der Waals surface area contributed by atoms with Crippen LogP contribution in [0.25, 0.3) is 0 Å². The Bertz CT molecular complexity index is 515. The summed E-state index contributed by atoms with van der Waals surface area (Å²) in [4.78, 5) is 0. The van der Waals surface area contributed by atoms with Gasteiger partial charge in [0, 0.05) is 6.07 Å². The van der Waals surface area contributed by atoms with E-state index in [2.05, 4.69) is 15.5 Å². The van der Waals surface area contributed by atoms with Crippen LogP contribution in [0.3, 0.4) is 0 Å². The van der Waals surface area contributed by atoms with Crippen LogP contribution in [0.2, 0.25) is 0 Å². The highest BCUT2D eigenvalue weighted by Gasteiger charge is 2.05. The van der Waals surface area contributed by atoms with E-state index in [0.717, 1.165) is 0 Å². The molecule has 1 aromatic heterocycles. The van der Waals surface area contributed by atoms with Gasteiger partial charge in [-0.05, 0) is 24.3 Å². The van der Waals surface area contributed by atoms with Gasteiger partial charge in [0.2, 0.25) is 0 Å². The first-order valence-corrected chi connectivity index (χ1v) is 4.89. The molecule has 0 aliphatic heterocycles. The molecule has 1 aromatic carbocycles. The molecule has 0 bridgehead atoms. The molecule has 0 spiro atoms. The highest BCUT2D eigenvalue weighted by Crippen LogP contribution is 2.27. The summed E-state index contributed by atoms with van der Waals surface area (Å²) in [6.45, 7) is 0. The Morgan fingerprint density at radius 2 is 2.06 bits per heavy atom. The molecular formula is C11H11FN4O. The smallest absolute Gasteiger partial charge is 0.153 e. The molecule has 0 atom stereocenters. The predicted molar refractivity (Wildman–Crippen MR) is 62.7 cm³/mol. The molecule has 5 nitrogen and oxygen atoms in total. The number of halogens is 1. The van der Waals surface area contributed by atoms with E-state index in [4.69, 9.17) is 10.5 Å². The first-order valence-electron chi connectivity index (χ1n) is 4.89. The van der Waals surface area contributed by atoms with Gasteiger partial charge in [0.25, 0.3) is 0 Å². The first-order chi connectivity index (χ1) is 8.19. The summed E-state index contributed by atoms with van der Waals surface area (Å²) in [5.41, 5.74) is 6.02. The van der Waals surface area contributed by atoms with Crippen molar-refractivity contribution in [2.24, 2.45) is 0 Å². The SMILES string of the molecule is COc1cc(F)ccc1Nc1ccc(N)nn1. The zero-order valence-electron chi connectivity index (χ0n) is 9.14. The van der Waals surface area contributed by atoms with Gasteiger partial charge in [0.05, 0.1) is 12.8 Å². The van der Waals surface area contributed by atoms with Crippen LogP contribution in [0, 0.1) is 5.82 Å². The van der Waals surface area contributed by atoms with Crippen LogP contribution in [0.4, 0.5) is 21.7 Å². The van der Waals surface area contributed by atoms with E-state index in [1.807, 2.05) is 0 Å². The molecule has 0 saturated carbocycles. The molecule has 0 aliphatic rings. The van der Waals surface area contributed by atoms with Gasteiger partial charge in [-0.15, -0.1) is 10.2 Å². The van der Waals surface area contributed by atoms with Crippen molar-refractivity contribution >= 4 is 17.3 Å². The van der Waals surface area contributed by atoms with Crippen molar-refractivity contribution in [2.45, 2.75) is 0 Å². The fraction of sp³-hybridized carbons (Fsp3) is 0.0909. The third-order valence-corrected chi connectivity index (χ3v) is 2.11. The summed E-state index contributed by atoms with van der Waals surface area (Å²) in [5, 5.41) is 10.5. The normalized spacial score (nSPS) is 10.0. The molecule has 0 fully saturated rings. The van der Waals surface area contributed by atoms with Gasteiger partial charge < -0.3 is 15.8 Å². The van der Waals surface area contributed by atoms with Crippen LogP contribution in [0.5, 0.6) is 5.75 Å². The number of benzene rings is 1. The third-order valence-electron chi connectivity index (χ3n) is 2.11. The van der Waals surface area contributed by atoms with Crippen molar-refractivity contribution in [1.29, 1.82) is 0 Å². The molecular weight excluding hydrogens is 223 g/mol. The van der Waals surface area contributed by atoms with Crippen LogP contribution in [-0.4, -0.2) is 17.3 Å². The number of anilines is 3. The Labute approximate surface area is 97.4 Å². The zero-order chi connectivity index (χ0) is 12.3. The monoisotopic (exact) mass is 234 g/mol. The quantitative estimate of drug-likeness (QED) is 0.849. The van der Waals surface area contributed by atoms with Gasteiger partial charge in [-0.2, -0.15) is 0 Å². The standard InChI is InChI=1S/C11H11FN4O/c1-17-9-6-7(12)2-3-8(9)14-11-5-4-10(13)15-16-11/h2-6H,1H3,(H2,13,15)(H,14,16). The summed E-state index contributed by atoms with van der Waals surface area (Å²) in [6, 6.07) is 7.46. The van der Waals surface area contributed by atoms with Crippen LogP contribution < -0.4 is 15.8 Å². The number of nitrogen functional groups attached to an aromatic ring is 1. The van der Waals surface area contributed by atoms with E-state index in [9.17, 15) is 4.39 Å². The molecule has 6 heteroatoms. The number of nitrogens with one attached hydrogen (secondary N) is 1. The summed E-state index contributed by atoms with van der Waals surface area (Å²) in [5.74, 6) is 0.866. The second-order valence-electron chi connectivity index (χ2n) is 3.31. The highest BCUT2D eigenvalue weighted by molar-refractivity contribution is 5.64. The molecule has 0 amide bonds. The average Bonchev–Trinajstić information content (AvgIpc) is 2.34. The molecule has 0 unspecified atom stereocenters. The fourth-order valence-electron chi connectivity index (χ4n) is 1.32. The number of hydrogen-bond donors (Lipinski definition) is 2. The maximum atomic E-state index is 13.0. The number of methoxy groups -OCH3 is 1. The van der Waals surface area contributed by atoms with Crippen molar-refractivity contribution < 1.29 is 9.13 Å². The third kappa shape index (κ3) is 2.60. The molecule has 0 radical (unpaired) electrons. The molecule has 17 heavy (non-hydrogen) atoms. The largest absolute Gasteiger partial charge is 0.494 e. The van der Waals surface area contributed by atoms with E-state index < -0.39 is 0 Å². The molecule has 2 aromatic rings. The molecule has 0 aliphatic carbocycles. The van der Waals surface area contributed by atoms with Crippen molar-refractivity contribution in [2.75, 3.05) is 18.2 Å². The summed E-state index contributed by atoms with van der Waals surface area (Å²) in [6.07, 6.45) is 0. The van der Waals surface area contributed by atoms with Crippen molar-refractivity contribution in [3.8, 4) is 5.75 Å². The first kappa shape index (κ1) is 11.1. The molecule has 88 valence electrons. The van der Waals surface area contributed by atoms with E-state index in [1.165, 1.54) is 19.2 Å². The van der Waals surface area contributed by atoms with Gasteiger partial charge in [0.1, 0.15) is 17.4 Å². The van der Waals surface area contributed by atoms with E-state index in [-0.39, 0.29) is 5.82 Å². The maximum absolute atomic E-state index is 13.0. The Balaban J connectivity index is 2.26. The fourth-order valence-corrected chi connectivity index (χ4v) is 1.32. The Morgan fingerprint density at radius 1 is 1.24 bits per heavy atom. The van der Waals surface area contributed by atoms with Crippen LogP contribution in [0.1, 0.15) is 0 Å². The lowest BCUT2D eigenvalue weighted by Gasteiger charge is -2.09.